The van der Waals surface area contributed by atoms with Crippen LogP contribution in [-0.2, 0) is 0 Å². The van der Waals surface area contributed by atoms with E-state index in [1.165, 1.54) is 0 Å². The molecule has 88 valence electrons. The predicted molar refractivity (Wildman–Crippen MR) is 71.0 cm³/mol. The Morgan fingerprint density at radius 2 is 2.00 bits per heavy atom. The molecular weight excluding hydrogens is 280 g/mol. The Balaban J connectivity index is 2.36. The van der Waals surface area contributed by atoms with Crippen molar-refractivity contribution in [2.75, 3.05) is 7.11 Å². The van der Waals surface area contributed by atoms with E-state index < -0.39 is 0 Å². The number of ether oxygens (including phenoxy) is 1. The minimum absolute atomic E-state index is 0.278. The number of aromatic nitrogens is 1. The summed E-state index contributed by atoms with van der Waals surface area (Å²) >= 11 is 3.35. The number of pyridine rings is 1. The highest BCUT2D eigenvalue weighted by atomic mass is 79.9. The molecule has 0 saturated heterocycles. The van der Waals surface area contributed by atoms with Crippen LogP contribution in [0.3, 0.4) is 0 Å². The molecule has 0 amide bonds. The minimum Gasteiger partial charge on any atom is -0.496 e. The number of hydrogen-bond acceptors (Lipinski definition) is 3. The van der Waals surface area contributed by atoms with Gasteiger partial charge in [-0.25, -0.2) is 0 Å². The largest absolute Gasteiger partial charge is 0.496 e. The van der Waals surface area contributed by atoms with Crippen LogP contribution in [0.25, 0.3) is 0 Å². The van der Waals surface area contributed by atoms with Crippen LogP contribution in [0.2, 0.25) is 0 Å². The van der Waals surface area contributed by atoms with E-state index in [9.17, 15) is 0 Å². The van der Waals surface area contributed by atoms with Crippen molar-refractivity contribution in [2.45, 2.75) is 6.04 Å². The number of methoxy groups -OCH3 is 1. The first kappa shape index (κ1) is 12.1. The summed E-state index contributed by atoms with van der Waals surface area (Å²) in [5.74, 6) is 0.782. The first-order valence-electron chi connectivity index (χ1n) is 5.22. The summed E-state index contributed by atoms with van der Waals surface area (Å²) in [5, 5.41) is 0. The number of para-hydroxylation sites is 1. The zero-order valence-electron chi connectivity index (χ0n) is 9.43. The van der Waals surface area contributed by atoms with Gasteiger partial charge in [0.05, 0.1) is 18.8 Å². The molecule has 0 saturated carbocycles. The van der Waals surface area contributed by atoms with E-state index >= 15 is 0 Å². The third-order valence-corrected chi connectivity index (χ3v) is 3.01. The Labute approximate surface area is 109 Å². The van der Waals surface area contributed by atoms with Gasteiger partial charge in [-0.1, -0.05) is 18.2 Å². The minimum atomic E-state index is -0.278. The molecule has 2 rings (SSSR count). The fraction of sp³-hybridized carbons (Fsp3) is 0.154. The number of benzene rings is 1. The topological polar surface area (TPSA) is 48.1 Å². The second-order valence-corrected chi connectivity index (χ2v) is 4.54. The van der Waals surface area contributed by atoms with Crippen molar-refractivity contribution < 1.29 is 4.74 Å². The third kappa shape index (κ3) is 2.65. The fourth-order valence-electron chi connectivity index (χ4n) is 1.65. The Bertz CT molecular complexity index is 499. The first-order valence-corrected chi connectivity index (χ1v) is 6.01. The molecule has 1 aromatic heterocycles. The molecule has 0 aliphatic carbocycles. The normalized spacial score (nSPS) is 12.2. The van der Waals surface area contributed by atoms with Crippen molar-refractivity contribution in [3.63, 3.8) is 0 Å². The van der Waals surface area contributed by atoms with Crippen molar-refractivity contribution in [3.8, 4) is 5.75 Å². The van der Waals surface area contributed by atoms with Crippen LogP contribution in [0.15, 0.2) is 47.1 Å². The van der Waals surface area contributed by atoms with E-state index in [2.05, 4.69) is 20.9 Å². The summed E-state index contributed by atoms with van der Waals surface area (Å²) < 4.78 is 6.23. The van der Waals surface area contributed by atoms with Gasteiger partial charge in [-0.05, 0) is 34.1 Å². The summed E-state index contributed by atoms with van der Waals surface area (Å²) in [7, 11) is 1.64. The zero-order chi connectivity index (χ0) is 12.3. The number of nitrogens with zero attached hydrogens (tertiary/aromatic N) is 1. The summed E-state index contributed by atoms with van der Waals surface area (Å²) in [4.78, 5) is 4.30. The lowest BCUT2D eigenvalue weighted by molar-refractivity contribution is 0.407. The number of halogens is 1. The highest BCUT2D eigenvalue weighted by Gasteiger charge is 2.14. The van der Waals surface area contributed by atoms with Crippen molar-refractivity contribution in [1.29, 1.82) is 0 Å². The SMILES string of the molecule is COc1ccccc1C(N)c1ccc(Br)cn1. The molecule has 1 unspecified atom stereocenters. The van der Waals surface area contributed by atoms with Gasteiger partial charge in [0, 0.05) is 16.2 Å². The van der Waals surface area contributed by atoms with Gasteiger partial charge >= 0.3 is 0 Å². The van der Waals surface area contributed by atoms with Crippen LogP contribution in [0.4, 0.5) is 0 Å². The van der Waals surface area contributed by atoms with E-state index in [0.717, 1.165) is 21.5 Å². The molecule has 0 radical (unpaired) electrons. The fourth-order valence-corrected chi connectivity index (χ4v) is 1.89. The summed E-state index contributed by atoms with van der Waals surface area (Å²) in [5.41, 5.74) is 7.94. The average Bonchev–Trinajstić information content (AvgIpc) is 2.39. The summed E-state index contributed by atoms with van der Waals surface area (Å²) in [6.45, 7) is 0. The number of rotatable bonds is 3. The van der Waals surface area contributed by atoms with Gasteiger partial charge in [0.15, 0.2) is 0 Å². The van der Waals surface area contributed by atoms with Crippen molar-refractivity contribution in [1.82, 2.24) is 4.98 Å². The van der Waals surface area contributed by atoms with Gasteiger partial charge in [-0.2, -0.15) is 0 Å². The zero-order valence-corrected chi connectivity index (χ0v) is 11.0. The van der Waals surface area contributed by atoms with Crippen LogP contribution in [0.5, 0.6) is 5.75 Å². The molecule has 3 nitrogen and oxygen atoms in total. The molecule has 0 aliphatic heterocycles. The molecule has 2 aromatic rings. The van der Waals surface area contributed by atoms with Gasteiger partial charge < -0.3 is 10.5 Å². The lowest BCUT2D eigenvalue weighted by Gasteiger charge is -2.15. The maximum absolute atomic E-state index is 6.18. The maximum atomic E-state index is 6.18. The summed E-state index contributed by atoms with van der Waals surface area (Å²) in [6, 6.07) is 11.3. The quantitative estimate of drug-likeness (QED) is 0.946. The van der Waals surface area contributed by atoms with Crippen LogP contribution in [-0.4, -0.2) is 12.1 Å². The lowest BCUT2D eigenvalue weighted by Crippen LogP contribution is -2.14. The Hall–Kier alpha value is -1.39. The average molecular weight is 293 g/mol. The van der Waals surface area contributed by atoms with Gasteiger partial charge in [0.25, 0.3) is 0 Å². The molecule has 2 N–H and O–H groups in total. The van der Waals surface area contributed by atoms with E-state index in [1.807, 2.05) is 36.4 Å². The van der Waals surface area contributed by atoms with E-state index in [-0.39, 0.29) is 6.04 Å². The molecule has 1 atom stereocenters. The maximum Gasteiger partial charge on any atom is 0.124 e. The Morgan fingerprint density at radius 1 is 1.24 bits per heavy atom. The third-order valence-electron chi connectivity index (χ3n) is 2.54. The van der Waals surface area contributed by atoms with E-state index in [0.29, 0.717) is 0 Å². The van der Waals surface area contributed by atoms with Crippen LogP contribution >= 0.6 is 15.9 Å². The molecule has 17 heavy (non-hydrogen) atoms. The number of nitrogens with two attached hydrogens (primary N) is 1. The molecule has 0 spiro atoms. The Morgan fingerprint density at radius 3 is 2.65 bits per heavy atom. The van der Waals surface area contributed by atoms with Gasteiger partial charge in [-0.3, -0.25) is 4.98 Å². The highest BCUT2D eigenvalue weighted by molar-refractivity contribution is 9.10. The van der Waals surface area contributed by atoms with Crippen molar-refractivity contribution in [3.05, 3.63) is 58.3 Å². The van der Waals surface area contributed by atoms with Crippen molar-refractivity contribution in [2.24, 2.45) is 5.73 Å². The molecule has 0 bridgehead atoms. The molecular formula is C13H13BrN2O. The van der Waals surface area contributed by atoms with Crippen molar-refractivity contribution >= 4 is 15.9 Å². The number of hydrogen-bond donors (Lipinski definition) is 1. The molecule has 0 fully saturated rings. The first-order chi connectivity index (χ1) is 8.22. The van der Waals surface area contributed by atoms with Gasteiger partial charge in [0.1, 0.15) is 5.75 Å². The van der Waals surface area contributed by atoms with E-state index in [1.54, 1.807) is 13.3 Å². The second kappa shape index (κ2) is 5.29. The van der Waals surface area contributed by atoms with Crippen LogP contribution in [0, 0.1) is 0 Å². The smallest absolute Gasteiger partial charge is 0.124 e. The summed E-state index contributed by atoms with van der Waals surface area (Å²) in [6.07, 6.45) is 1.74. The Kier molecular flexibility index (Phi) is 3.76. The van der Waals surface area contributed by atoms with Crippen LogP contribution in [0.1, 0.15) is 17.3 Å². The van der Waals surface area contributed by atoms with Gasteiger partial charge in [-0.15, -0.1) is 0 Å². The molecule has 0 aliphatic rings. The standard InChI is InChI=1S/C13H13BrN2O/c1-17-12-5-3-2-4-10(12)13(15)11-7-6-9(14)8-16-11/h2-8,13H,15H2,1H3. The molecule has 1 aromatic carbocycles. The van der Waals surface area contributed by atoms with Gasteiger partial charge in [0.2, 0.25) is 0 Å². The van der Waals surface area contributed by atoms with E-state index in [4.69, 9.17) is 10.5 Å². The predicted octanol–water partition coefficient (Wildman–Crippen LogP) is 2.90. The molecule has 4 heteroatoms. The monoisotopic (exact) mass is 292 g/mol. The molecule has 1 heterocycles. The highest BCUT2D eigenvalue weighted by Crippen LogP contribution is 2.27. The second-order valence-electron chi connectivity index (χ2n) is 3.62. The van der Waals surface area contributed by atoms with Crippen LogP contribution < -0.4 is 10.5 Å². The lowest BCUT2D eigenvalue weighted by atomic mass is 10.0.